The number of hydrogen-bond acceptors (Lipinski definition) is 3. The van der Waals surface area contributed by atoms with Crippen LogP contribution in [-0.2, 0) is 11.3 Å². The molecule has 2 N–H and O–H groups in total. The van der Waals surface area contributed by atoms with Gasteiger partial charge >= 0.3 is 6.03 Å². The van der Waals surface area contributed by atoms with Gasteiger partial charge in [-0.05, 0) is 30.5 Å². The number of carbonyl (C=O) groups is 2. The van der Waals surface area contributed by atoms with Crippen LogP contribution in [0.5, 0.6) is 0 Å². The molecule has 2 aliphatic rings. The van der Waals surface area contributed by atoms with Gasteiger partial charge in [-0.2, -0.15) is 0 Å². The van der Waals surface area contributed by atoms with Crippen molar-refractivity contribution in [2.75, 3.05) is 6.54 Å². The highest BCUT2D eigenvalue weighted by molar-refractivity contribution is 5.84. The van der Waals surface area contributed by atoms with Crippen LogP contribution in [0.25, 0.3) is 10.9 Å². The number of nitrogens with zero attached hydrogens (tertiary/aromatic N) is 2. The maximum atomic E-state index is 12.1. The molecule has 6 heteroatoms. The van der Waals surface area contributed by atoms with Crippen LogP contribution in [0.3, 0.4) is 0 Å². The molecule has 4 rings (SSSR count). The van der Waals surface area contributed by atoms with Gasteiger partial charge in [-0.25, -0.2) is 4.79 Å². The molecule has 0 radical (unpaired) electrons. The fourth-order valence-electron chi connectivity index (χ4n) is 3.29. The van der Waals surface area contributed by atoms with E-state index in [1.807, 2.05) is 35.2 Å². The van der Waals surface area contributed by atoms with E-state index >= 15 is 0 Å². The van der Waals surface area contributed by atoms with Crippen molar-refractivity contribution < 1.29 is 9.59 Å². The smallest absolute Gasteiger partial charge is 0.315 e. The highest BCUT2D eigenvalue weighted by atomic mass is 16.2. The summed E-state index contributed by atoms with van der Waals surface area (Å²) in [6.45, 7) is 1.07. The van der Waals surface area contributed by atoms with Crippen LogP contribution in [0.1, 0.15) is 24.8 Å². The molecular weight excluding hydrogens is 304 g/mol. The largest absolute Gasteiger partial charge is 0.338 e. The summed E-state index contributed by atoms with van der Waals surface area (Å²) >= 11 is 0. The van der Waals surface area contributed by atoms with E-state index in [4.69, 9.17) is 0 Å². The number of benzene rings is 1. The number of aromatic nitrogens is 1. The van der Waals surface area contributed by atoms with Crippen molar-refractivity contribution in [3.8, 4) is 0 Å². The second kappa shape index (κ2) is 6.11. The Morgan fingerprint density at radius 3 is 2.92 bits per heavy atom. The first kappa shape index (κ1) is 14.9. The lowest BCUT2D eigenvalue weighted by Gasteiger charge is -2.16. The third-order valence-corrected chi connectivity index (χ3v) is 4.66. The van der Waals surface area contributed by atoms with Gasteiger partial charge in [0.15, 0.2) is 0 Å². The van der Waals surface area contributed by atoms with Crippen LogP contribution in [0, 0.1) is 0 Å². The number of fused-ring (bicyclic) bond motifs is 1. The van der Waals surface area contributed by atoms with Crippen molar-refractivity contribution in [2.24, 2.45) is 0 Å². The molecule has 2 aromatic rings. The van der Waals surface area contributed by atoms with Gasteiger partial charge in [0.25, 0.3) is 0 Å². The predicted octanol–water partition coefficient (Wildman–Crippen LogP) is 1.80. The topological polar surface area (TPSA) is 74.3 Å². The molecule has 0 bridgehead atoms. The number of likely N-dealkylation sites (tertiary alicyclic amines) is 1. The zero-order valence-electron chi connectivity index (χ0n) is 13.4. The summed E-state index contributed by atoms with van der Waals surface area (Å²) in [4.78, 5) is 30.3. The lowest BCUT2D eigenvalue weighted by atomic mass is 10.1. The van der Waals surface area contributed by atoms with Crippen molar-refractivity contribution in [3.63, 3.8) is 0 Å². The third kappa shape index (κ3) is 3.04. The predicted molar refractivity (Wildman–Crippen MR) is 90.3 cm³/mol. The number of hydrogen-bond donors (Lipinski definition) is 2. The van der Waals surface area contributed by atoms with Gasteiger partial charge in [0, 0.05) is 37.1 Å². The molecule has 0 spiro atoms. The molecular formula is C18H20N4O2. The van der Waals surface area contributed by atoms with Gasteiger partial charge in [-0.15, -0.1) is 0 Å². The monoisotopic (exact) mass is 324 g/mol. The minimum atomic E-state index is -0.230. The van der Waals surface area contributed by atoms with Gasteiger partial charge in [0.2, 0.25) is 5.91 Å². The van der Waals surface area contributed by atoms with E-state index in [1.54, 1.807) is 6.20 Å². The average Bonchev–Trinajstić information content (AvgIpc) is 3.36. The summed E-state index contributed by atoms with van der Waals surface area (Å²) in [6.07, 6.45) is 4.35. The standard InChI is InChI=1S/C18H20N4O2/c23-17-9-13(11-22(17)14-5-6-14)21-18(24)20-10-12-7-8-19-16-4-2-1-3-15(12)16/h1-4,7-8,13-14H,5-6,9-11H2,(H2,20,21,24)/t13-/m0/s1. The van der Waals surface area contributed by atoms with E-state index in [0.717, 1.165) is 29.3 Å². The van der Waals surface area contributed by atoms with Crippen molar-refractivity contribution in [1.29, 1.82) is 0 Å². The summed E-state index contributed by atoms with van der Waals surface area (Å²) in [5.74, 6) is 0.155. The second-order valence-electron chi connectivity index (χ2n) is 6.49. The summed E-state index contributed by atoms with van der Waals surface area (Å²) in [5.41, 5.74) is 1.94. The molecule has 1 aromatic heterocycles. The molecule has 1 aliphatic carbocycles. The SMILES string of the molecule is O=C(NCc1ccnc2ccccc12)N[C@H]1CC(=O)N(C2CC2)C1. The summed E-state index contributed by atoms with van der Waals surface area (Å²) in [6, 6.07) is 9.87. The molecule has 0 unspecified atom stereocenters. The van der Waals surface area contributed by atoms with E-state index in [9.17, 15) is 9.59 Å². The van der Waals surface area contributed by atoms with E-state index in [0.29, 0.717) is 25.6 Å². The number of para-hydroxylation sites is 1. The van der Waals surface area contributed by atoms with Gasteiger partial charge in [0.05, 0.1) is 11.6 Å². The maximum Gasteiger partial charge on any atom is 0.315 e. The first-order valence-electron chi connectivity index (χ1n) is 8.37. The fourth-order valence-corrected chi connectivity index (χ4v) is 3.29. The first-order chi connectivity index (χ1) is 11.7. The quantitative estimate of drug-likeness (QED) is 0.900. The van der Waals surface area contributed by atoms with E-state index < -0.39 is 0 Å². The number of rotatable bonds is 4. The van der Waals surface area contributed by atoms with Gasteiger partial charge in [-0.3, -0.25) is 9.78 Å². The van der Waals surface area contributed by atoms with E-state index in [-0.39, 0.29) is 18.0 Å². The Balaban J connectivity index is 1.34. The molecule has 1 atom stereocenters. The Hall–Kier alpha value is -2.63. The van der Waals surface area contributed by atoms with Crippen LogP contribution in [0.4, 0.5) is 4.79 Å². The molecule has 1 aliphatic heterocycles. The minimum Gasteiger partial charge on any atom is -0.338 e. The zero-order valence-corrected chi connectivity index (χ0v) is 13.4. The molecule has 6 nitrogen and oxygen atoms in total. The molecule has 2 heterocycles. The maximum absolute atomic E-state index is 12.1. The Kier molecular flexibility index (Phi) is 3.80. The number of carbonyl (C=O) groups excluding carboxylic acids is 2. The van der Waals surface area contributed by atoms with Crippen molar-refractivity contribution in [3.05, 3.63) is 42.1 Å². The van der Waals surface area contributed by atoms with Gasteiger partial charge in [0.1, 0.15) is 0 Å². The molecule has 1 aromatic carbocycles. The fraction of sp³-hybridized carbons (Fsp3) is 0.389. The van der Waals surface area contributed by atoms with Gasteiger partial charge < -0.3 is 15.5 Å². The normalized spacial score (nSPS) is 20.4. The zero-order chi connectivity index (χ0) is 16.5. The average molecular weight is 324 g/mol. The van der Waals surface area contributed by atoms with Gasteiger partial charge in [-0.1, -0.05) is 18.2 Å². The van der Waals surface area contributed by atoms with Crippen LogP contribution >= 0.6 is 0 Å². The molecule has 1 saturated carbocycles. The van der Waals surface area contributed by atoms with Crippen molar-refractivity contribution in [1.82, 2.24) is 20.5 Å². The summed E-state index contributed by atoms with van der Waals surface area (Å²) < 4.78 is 0. The number of amides is 3. The first-order valence-corrected chi connectivity index (χ1v) is 8.37. The Labute approximate surface area is 140 Å². The Bertz CT molecular complexity index is 782. The molecule has 2 fully saturated rings. The summed E-state index contributed by atoms with van der Waals surface area (Å²) in [5, 5.41) is 6.84. The van der Waals surface area contributed by atoms with Crippen molar-refractivity contribution >= 4 is 22.8 Å². The molecule has 124 valence electrons. The number of urea groups is 1. The summed E-state index contributed by atoms with van der Waals surface area (Å²) in [7, 11) is 0. The lowest BCUT2D eigenvalue weighted by Crippen LogP contribution is -2.43. The number of pyridine rings is 1. The van der Waals surface area contributed by atoms with Crippen LogP contribution < -0.4 is 10.6 Å². The molecule has 3 amide bonds. The molecule has 1 saturated heterocycles. The van der Waals surface area contributed by atoms with Crippen LogP contribution in [-0.4, -0.2) is 40.5 Å². The van der Waals surface area contributed by atoms with Crippen molar-refractivity contribution in [2.45, 2.75) is 37.9 Å². The Morgan fingerprint density at radius 2 is 2.08 bits per heavy atom. The second-order valence-corrected chi connectivity index (χ2v) is 6.49. The third-order valence-electron chi connectivity index (χ3n) is 4.66. The lowest BCUT2D eigenvalue weighted by molar-refractivity contribution is -0.128. The molecule has 24 heavy (non-hydrogen) atoms. The highest BCUT2D eigenvalue weighted by Crippen LogP contribution is 2.30. The van der Waals surface area contributed by atoms with E-state index in [1.165, 1.54) is 0 Å². The van der Waals surface area contributed by atoms with Crippen LogP contribution in [0.15, 0.2) is 36.5 Å². The highest BCUT2D eigenvalue weighted by Gasteiger charge is 2.39. The number of nitrogens with one attached hydrogen (secondary N) is 2. The van der Waals surface area contributed by atoms with E-state index in [2.05, 4.69) is 15.6 Å². The Morgan fingerprint density at radius 1 is 1.25 bits per heavy atom. The minimum absolute atomic E-state index is 0.0905. The van der Waals surface area contributed by atoms with Crippen LogP contribution in [0.2, 0.25) is 0 Å².